The van der Waals surface area contributed by atoms with Crippen LogP contribution in [0.4, 0.5) is 0 Å². The van der Waals surface area contributed by atoms with Crippen molar-refractivity contribution in [2.75, 3.05) is 0 Å². The second-order valence-electron chi connectivity index (χ2n) is 6.12. The molecule has 0 atom stereocenters. The Morgan fingerprint density at radius 2 is 1.77 bits per heavy atom. The molecule has 0 unspecified atom stereocenters. The van der Waals surface area contributed by atoms with Crippen molar-refractivity contribution in [3.8, 4) is 27.6 Å². The predicted molar refractivity (Wildman–Crippen MR) is 103 cm³/mol. The lowest BCUT2D eigenvalue weighted by atomic mass is 10.1. The summed E-state index contributed by atoms with van der Waals surface area (Å²) in [5, 5.41) is 8.02. The summed E-state index contributed by atoms with van der Waals surface area (Å²) in [4.78, 5) is 17.5. The van der Waals surface area contributed by atoms with Crippen LogP contribution in [0.15, 0.2) is 53.9 Å². The van der Waals surface area contributed by atoms with E-state index in [4.69, 9.17) is 16.6 Å². The number of hydrogen-bond donors (Lipinski definition) is 0. The Labute approximate surface area is 158 Å². The molecular weight excluding hydrogens is 366 g/mol. The quantitative estimate of drug-likeness (QED) is 0.426. The Hall–Kier alpha value is -2.76. The molecule has 1 aliphatic carbocycles. The molecule has 0 saturated heterocycles. The van der Waals surface area contributed by atoms with E-state index in [0.717, 1.165) is 38.9 Å². The van der Waals surface area contributed by atoms with Crippen LogP contribution in [-0.4, -0.2) is 20.5 Å². The van der Waals surface area contributed by atoms with E-state index in [1.54, 1.807) is 4.68 Å². The second-order valence-corrected chi connectivity index (χ2v) is 7.39. The van der Waals surface area contributed by atoms with Crippen molar-refractivity contribution in [2.45, 2.75) is 6.92 Å². The third kappa shape index (κ3) is 2.18. The fourth-order valence-electron chi connectivity index (χ4n) is 3.32. The molecule has 0 bridgehead atoms. The first kappa shape index (κ1) is 15.5. The highest BCUT2D eigenvalue weighted by molar-refractivity contribution is 7.12. The van der Waals surface area contributed by atoms with Gasteiger partial charge in [-0.15, -0.1) is 11.3 Å². The molecule has 126 valence electrons. The molecule has 0 fully saturated rings. The van der Waals surface area contributed by atoms with Crippen molar-refractivity contribution in [2.24, 2.45) is 0 Å². The minimum absolute atomic E-state index is 0.0360. The van der Waals surface area contributed by atoms with Gasteiger partial charge in [0, 0.05) is 27.1 Å². The van der Waals surface area contributed by atoms with Gasteiger partial charge < -0.3 is 0 Å². The number of nitrogens with zero attached hydrogens (tertiary/aromatic N) is 3. The number of fused-ring (bicyclic) bond motifs is 3. The van der Waals surface area contributed by atoms with Crippen molar-refractivity contribution >= 4 is 28.7 Å². The lowest BCUT2D eigenvalue weighted by Gasteiger charge is -2.03. The zero-order chi connectivity index (χ0) is 17.8. The Bertz CT molecular complexity index is 1170. The maximum atomic E-state index is 12.7. The van der Waals surface area contributed by atoms with Gasteiger partial charge in [-0.25, -0.2) is 9.67 Å². The van der Waals surface area contributed by atoms with E-state index in [0.29, 0.717) is 10.6 Å². The summed E-state index contributed by atoms with van der Waals surface area (Å²) in [6.07, 6.45) is 0. The largest absolute Gasteiger partial charge is 0.288 e. The fourth-order valence-corrected chi connectivity index (χ4v) is 4.24. The normalized spacial score (nSPS) is 12.3. The van der Waals surface area contributed by atoms with Crippen LogP contribution >= 0.6 is 22.9 Å². The maximum absolute atomic E-state index is 12.7. The molecule has 0 radical (unpaired) electrons. The number of thiazole rings is 1. The molecule has 0 amide bonds. The monoisotopic (exact) mass is 377 g/mol. The van der Waals surface area contributed by atoms with Crippen LogP contribution in [-0.2, 0) is 0 Å². The number of carbonyl (C=O) groups is 1. The summed E-state index contributed by atoms with van der Waals surface area (Å²) < 4.78 is 1.79. The second kappa shape index (κ2) is 5.62. The van der Waals surface area contributed by atoms with Gasteiger partial charge in [0.05, 0.1) is 22.6 Å². The van der Waals surface area contributed by atoms with Gasteiger partial charge in [-0.2, -0.15) is 5.10 Å². The van der Waals surface area contributed by atoms with Crippen LogP contribution in [0.5, 0.6) is 0 Å². The average Bonchev–Trinajstić information content (AvgIpc) is 3.33. The first-order valence-electron chi connectivity index (χ1n) is 8.09. The molecule has 2 aromatic heterocycles. The average molecular weight is 378 g/mol. The Morgan fingerprint density at radius 1 is 1.04 bits per heavy atom. The van der Waals surface area contributed by atoms with Gasteiger partial charge in [0.15, 0.2) is 5.78 Å². The van der Waals surface area contributed by atoms with E-state index in [9.17, 15) is 4.79 Å². The van der Waals surface area contributed by atoms with E-state index in [-0.39, 0.29) is 5.78 Å². The van der Waals surface area contributed by atoms with Gasteiger partial charge >= 0.3 is 0 Å². The van der Waals surface area contributed by atoms with E-state index in [1.165, 1.54) is 11.3 Å². The first-order chi connectivity index (χ1) is 12.6. The third-order valence-corrected chi connectivity index (χ3v) is 5.60. The van der Waals surface area contributed by atoms with Crippen molar-refractivity contribution in [3.05, 3.63) is 75.8 Å². The molecule has 4 aromatic rings. The summed E-state index contributed by atoms with van der Waals surface area (Å²) in [5.41, 5.74) is 5.73. The van der Waals surface area contributed by atoms with Gasteiger partial charge in [-0.1, -0.05) is 48.0 Å². The summed E-state index contributed by atoms with van der Waals surface area (Å²) >= 11 is 7.47. The van der Waals surface area contributed by atoms with E-state index >= 15 is 0 Å². The van der Waals surface area contributed by atoms with Crippen molar-refractivity contribution in [1.82, 2.24) is 14.8 Å². The standard InChI is InChI=1S/C20H12ClN3OS/c1-11-17-18(14-4-2-3-5-15(14)19(17)25)24(23-11)20-22-16(10-26-20)12-6-8-13(21)9-7-12/h2-10H,1H3. The van der Waals surface area contributed by atoms with Crippen molar-refractivity contribution < 1.29 is 4.79 Å². The highest BCUT2D eigenvalue weighted by Gasteiger charge is 2.33. The first-order valence-corrected chi connectivity index (χ1v) is 9.35. The number of aromatic nitrogens is 3. The Balaban J connectivity index is 1.66. The van der Waals surface area contributed by atoms with Crippen LogP contribution < -0.4 is 0 Å². The Morgan fingerprint density at radius 3 is 2.54 bits per heavy atom. The summed E-state index contributed by atoms with van der Waals surface area (Å²) in [6, 6.07) is 15.2. The van der Waals surface area contributed by atoms with Crippen LogP contribution in [0, 0.1) is 6.92 Å². The zero-order valence-corrected chi connectivity index (χ0v) is 15.3. The zero-order valence-electron chi connectivity index (χ0n) is 13.7. The van der Waals surface area contributed by atoms with Gasteiger partial charge in [0.2, 0.25) is 5.13 Å². The number of aryl methyl sites for hydroxylation is 1. The molecule has 2 aromatic carbocycles. The molecule has 2 heterocycles. The number of carbonyl (C=O) groups excluding carboxylic acids is 1. The Kier molecular flexibility index (Phi) is 3.35. The molecule has 0 saturated carbocycles. The van der Waals surface area contributed by atoms with Gasteiger partial charge in [0.25, 0.3) is 0 Å². The highest BCUT2D eigenvalue weighted by Crippen LogP contribution is 2.40. The number of hydrogen-bond acceptors (Lipinski definition) is 4. The van der Waals surface area contributed by atoms with Crippen molar-refractivity contribution in [1.29, 1.82) is 0 Å². The number of rotatable bonds is 2. The van der Waals surface area contributed by atoms with Gasteiger partial charge in [-0.3, -0.25) is 4.79 Å². The van der Waals surface area contributed by atoms with Crippen LogP contribution in [0.25, 0.3) is 27.6 Å². The predicted octanol–water partition coefficient (Wildman–Crippen LogP) is 5.17. The van der Waals surface area contributed by atoms with E-state index in [2.05, 4.69) is 5.10 Å². The van der Waals surface area contributed by atoms with Crippen LogP contribution in [0.1, 0.15) is 21.6 Å². The molecule has 1 aliphatic rings. The molecule has 6 heteroatoms. The van der Waals surface area contributed by atoms with Crippen LogP contribution in [0.3, 0.4) is 0 Å². The summed E-state index contributed by atoms with van der Waals surface area (Å²) in [6.45, 7) is 1.87. The summed E-state index contributed by atoms with van der Waals surface area (Å²) in [5.74, 6) is 0.0360. The molecule has 26 heavy (non-hydrogen) atoms. The van der Waals surface area contributed by atoms with E-state index < -0.39 is 0 Å². The number of halogens is 1. The fraction of sp³-hybridized carbons (Fsp3) is 0.0500. The molecule has 5 rings (SSSR count). The van der Waals surface area contributed by atoms with Gasteiger partial charge in [-0.05, 0) is 19.1 Å². The van der Waals surface area contributed by atoms with Crippen LogP contribution in [0.2, 0.25) is 5.02 Å². The molecular formula is C20H12ClN3OS. The number of benzene rings is 2. The van der Waals surface area contributed by atoms with Crippen molar-refractivity contribution in [3.63, 3.8) is 0 Å². The topological polar surface area (TPSA) is 47.8 Å². The maximum Gasteiger partial charge on any atom is 0.211 e. The lowest BCUT2D eigenvalue weighted by Crippen LogP contribution is -1.99. The summed E-state index contributed by atoms with van der Waals surface area (Å²) in [7, 11) is 0. The minimum Gasteiger partial charge on any atom is -0.288 e. The van der Waals surface area contributed by atoms with Gasteiger partial charge in [0.1, 0.15) is 0 Å². The molecule has 0 spiro atoms. The third-order valence-electron chi connectivity index (χ3n) is 4.53. The molecule has 4 nitrogen and oxygen atoms in total. The molecule has 0 aliphatic heterocycles. The minimum atomic E-state index is 0.0360. The highest BCUT2D eigenvalue weighted by atomic mass is 35.5. The SMILES string of the molecule is Cc1nn(-c2nc(-c3ccc(Cl)cc3)cs2)c2c1C(=O)c1ccccc1-2. The number of ketones is 1. The van der Waals surface area contributed by atoms with E-state index in [1.807, 2.05) is 60.8 Å². The smallest absolute Gasteiger partial charge is 0.211 e. The lowest BCUT2D eigenvalue weighted by molar-refractivity contribution is 0.104. The molecule has 0 N–H and O–H groups in total.